The Morgan fingerprint density at radius 1 is 1.44 bits per heavy atom. The van der Waals surface area contributed by atoms with E-state index in [1.165, 1.54) is 19.3 Å². The van der Waals surface area contributed by atoms with Gasteiger partial charge in [0.15, 0.2) is 0 Å². The summed E-state index contributed by atoms with van der Waals surface area (Å²) in [6.07, 6.45) is 4.87. The van der Waals surface area contributed by atoms with E-state index in [4.69, 9.17) is 5.84 Å². The van der Waals surface area contributed by atoms with Crippen molar-refractivity contribution in [3.8, 4) is 0 Å². The van der Waals surface area contributed by atoms with E-state index in [0.29, 0.717) is 5.95 Å². The van der Waals surface area contributed by atoms with Crippen LogP contribution in [0.1, 0.15) is 38.3 Å². The van der Waals surface area contributed by atoms with Crippen LogP contribution in [0.15, 0.2) is 6.07 Å². The second-order valence-electron chi connectivity index (χ2n) is 4.47. The van der Waals surface area contributed by atoms with Crippen LogP contribution in [0.3, 0.4) is 0 Å². The molecule has 2 rings (SSSR count). The van der Waals surface area contributed by atoms with Gasteiger partial charge in [-0.2, -0.15) is 4.98 Å². The average molecular weight is 221 g/mol. The van der Waals surface area contributed by atoms with Crippen LogP contribution in [-0.2, 0) is 0 Å². The zero-order valence-electron chi connectivity index (χ0n) is 9.88. The van der Waals surface area contributed by atoms with Crippen molar-refractivity contribution in [1.29, 1.82) is 0 Å². The van der Waals surface area contributed by atoms with Crippen molar-refractivity contribution in [2.45, 2.75) is 45.1 Å². The fraction of sp³-hybridized carbons (Fsp3) is 0.636. The Balaban J connectivity index is 2.17. The van der Waals surface area contributed by atoms with Crippen LogP contribution in [0.25, 0.3) is 0 Å². The summed E-state index contributed by atoms with van der Waals surface area (Å²) in [5, 5.41) is 3.51. The Hall–Kier alpha value is -1.36. The van der Waals surface area contributed by atoms with Gasteiger partial charge in [-0.25, -0.2) is 10.8 Å². The number of nitrogens with two attached hydrogens (primary N) is 1. The molecule has 1 aliphatic carbocycles. The second kappa shape index (κ2) is 4.25. The highest BCUT2D eigenvalue weighted by Gasteiger charge is 2.35. The summed E-state index contributed by atoms with van der Waals surface area (Å²) in [5.41, 5.74) is 3.64. The number of rotatable bonds is 4. The second-order valence-corrected chi connectivity index (χ2v) is 4.47. The van der Waals surface area contributed by atoms with Crippen molar-refractivity contribution in [2.24, 2.45) is 5.84 Å². The largest absolute Gasteiger partial charge is 0.364 e. The molecule has 0 aliphatic heterocycles. The maximum absolute atomic E-state index is 5.33. The van der Waals surface area contributed by atoms with Crippen LogP contribution in [0, 0.1) is 6.92 Å². The van der Waals surface area contributed by atoms with Gasteiger partial charge in [-0.3, -0.25) is 5.43 Å². The van der Waals surface area contributed by atoms with Gasteiger partial charge < -0.3 is 5.32 Å². The van der Waals surface area contributed by atoms with Gasteiger partial charge in [0.25, 0.3) is 0 Å². The molecule has 1 fully saturated rings. The summed E-state index contributed by atoms with van der Waals surface area (Å²) < 4.78 is 0. The molecule has 0 aromatic carbocycles. The molecule has 1 aliphatic rings. The number of hydrogen-bond donors (Lipinski definition) is 3. The average Bonchev–Trinajstić information content (AvgIpc) is 2.22. The van der Waals surface area contributed by atoms with E-state index in [1.807, 2.05) is 13.0 Å². The molecule has 5 heteroatoms. The first-order valence-electron chi connectivity index (χ1n) is 5.78. The predicted molar refractivity (Wildman–Crippen MR) is 65.1 cm³/mol. The zero-order valence-corrected chi connectivity index (χ0v) is 9.88. The number of aromatic nitrogens is 2. The highest BCUT2D eigenvalue weighted by Crippen LogP contribution is 2.37. The summed E-state index contributed by atoms with van der Waals surface area (Å²) >= 11 is 0. The first-order valence-corrected chi connectivity index (χ1v) is 5.78. The minimum Gasteiger partial charge on any atom is -0.364 e. The van der Waals surface area contributed by atoms with E-state index in [0.717, 1.165) is 17.9 Å². The molecule has 5 nitrogen and oxygen atoms in total. The van der Waals surface area contributed by atoms with Crippen molar-refractivity contribution in [3.05, 3.63) is 11.8 Å². The first-order chi connectivity index (χ1) is 7.67. The minimum absolute atomic E-state index is 0.243. The Bertz CT molecular complexity index is 367. The van der Waals surface area contributed by atoms with Crippen molar-refractivity contribution < 1.29 is 0 Å². The lowest BCUT2D eigenvalue weighted by Crippen LogP contribution is -2.44. The van der Waals surface area contributed by atoms with E-state index in [-0.39, 0.29) is 5.54 Å². The fourth-order valence-corrected chi connectivity index (χ4v) is 2.14. The van der Waals surface area contributed by atoms with E-state index < -0.39 is 0 Å². The third kappa shape index (κ3) is 2.09. The lowest BCUT2D eigenvalue weighted by atomic mass is 9.75. The third-order valence-corrected chi connectivity index (χ3v) is 3.36. The fourth-order valence-electron chi connectivity index (χ4n) is 2.14. The molecule has 1 heterocycles. The molecule has 0 radical (unpaired) electrons. The lowest BCUT2D eigenvalue weighted by molar-refractivity contribution is 0.269. The van der Waals surface area contributed by atoms with Crippen molar-refractivity contribution in [1.82, 2.24) is 9.97 Å². The van der Waals surface area contributed by atoms with Gasteiger partial charge in [-0.15, -0.1) is 0 Å². The Morgan fingerprint density at radius 3 is 2.69 bits per heavy atom. The Morgan fingerprint density at radius 2 is 2.19 bits per heavy atom. The number of nitrogens with one attached hydrogen (secondary N) is 2. The molecule has 0 unspecified atom stereocenters. The maximum Gasteiger partial charge on any atom is 0.239 e. The summed E-state index contributed by atoms with van der Waals surface area (Å²) in [6, 6.07) is 1.95. The summed E-state index contributed by atoms with van der Waals surface area (Å²) in [6.45, 7) is 4.15. The topological polar surface area (TPSA) is 75.9 Å². The van der Waals surface area contributed by atoms with Gasteiger partial charge in [0.2, 0.25) is 5.95 Å². The molecule has 88 valence electrons. The molecule has 1 aromatic rings. The summed E-state index contributed by atoms with van der Waals surface area (Å²) in [7, 11) is 0. The normalized spacial score (nSPS) is 17.7. The minimum atomic E-state index is 0.243. The highest BCUT2D eigenvalue weighted by atomic mass is 15.3. The van der Waals surface area contributed by atoms with Crippen LogP contribution in [0.4, 0.5) is 11.8 Å². The summed E-state index contributed by atoms with van der Waals surface area (Å²) in [4.78, 5) is 8.47. The molecule has 0 atom stereocenters. The van der Waals surface area contributed by atoms with Crippen LogP contribution in [0.2, 0.25) is 0 Å². The zero-order chi connectivity index (χ0) is 11.6. The summed E-state index contributed by atoms with van der Waals surface area (Å²) in [5.74, 6) is 6.66. The van der Waals surface area contributed by atoms with Crippen LogP contribution in [0.5, 0.6) is 0 Å². The predicted octanol–water partition coefficient (Wildman–Crippen LogP) is 1.82. The molecular weight excluding hydrogens is 202 g/mol. The van der Waals surface area contributed by atoms with Crippen molar-refractivity contribution in [2.75, 3.05) is 10.7 Å². The van der Waals surface area contributed by atoms with Crippen LogP contribution in [-0.4, -0.2) is 15.5 Å². The standard InChI is InChI=1S/C11H19N5/c1-3-11(5-4-6-11)15-9-7-8(2)13-10(14-9)16-12/h7H,3-6,12H2,1-2H3,(H2,13,14,15,16). The number of anilines is 2. The van der Waals surface area contributed by atoms with Gasteiger partial charge in [0.1, 0.15) is 5.82 Å². The molecule has 4 N–H and O–H groups in total. The molecule has 1 aromatic heterocycles. The number of hydrazine groups is 1. The number of hydrogen-bond acceptors (Lipinski definition) is 5. The quantitative estimate of drug-likeness (QED) is 0.534. The smallest absolute Gasteiger partial charge is 0.239 e. The van der Waals surface area contributed by atoms with Crippen molar-refractivity contribution >= 4 is 11.8 Å². The molecule has 0 saturated heterocycles. The van der Waals surface area contributed by atoms with Gasteiger partial charge >= 0.3 is 0 Å². The lowest BCUT2D eigenvalue weighted by Gasteiger charge is -2.42. The van der Waals surface area contributed by atoms with E-state index >= 15 is 0 Å². The van der Waals surface area contributed by atoms with Gasteiger partial charge in [-0.1, -0.05) is 6.92 Å². The van der Waals surface area contributed by atoms with E-state index in [2.05, 4.69) is 27.6 Å². The monoisotopic (exact) mass is 221 g/mol. The number of nitrogens with zero attached hydrogens (tertiary/aromatic N) is 2. The molecule has 0 bridgehead atoms. The maximum atomic E-state index is 5.33. The van der Waals surface area contributed by atoms with E-state index in [9.17, 15) is 0 Å². The van der Waals surface area contributed by atoms with Crippen LogP contribution < -0.4 is 16.6 Å². The molecule has 16 heavy (non-hydrogen) atoms. The molecule has 1 saturated carbocycles. The number of aryl methyl sites for hydroxylation is 1. The molecular formula is C11H19N5. The number of nitrogen functional groups attached to an aromatic ring is 1. The van der Waals surface area contributed by atoms with Gasteiger partial charge in [-0.05, 0) is 32.6 Å². The van der Waals surface area contributed by atoms with Crippen LogP contribution >= 0.6 is 0 Å². The molecule has 0 amide bonds. The Kier molecular flexibility index (Phi) is 2.96. The highest BCUT2D eigenvalue weighted by molar-refractivity contribution is 5.44. The first kappa shape index (κ1) is 11.1. The molecule has 0 spiro atoms. The third-order valence-electron chi connectivity index (χ3n) is 3.36. The Labute approximate surface area is 95.8 Å². The van der Waals surface area contributed by atoms with E-state index in [1.54, 1.807) is 0 Å². The SMILES string of the molecule is CCC1(Nc2cc(C)nc(NN)n2)CCC1. The van der Waals surface area contributed by atoms with Gasteiger partial charge in [0, 0.05) is 17.3 Å². The van der Waals surface area contributed by atoms with Crippen molar-refractivity contribution in [3.63, 3.8) is 0 Å². The van der Waals surface area contributed by atoms with Gasteiger partial charge in [0.05, 0.1) is 0 Å².